The summed E-state index contributed by atoms with van der Waals surface area (Å²) in [6.45, 7) is 3.28. The van der Waals surface area contributed by atoms with Gasteiger partial charge in [-0.15, -0.1) is 0 Å². The van der Waals surface area contributed by atoms with E-state index in [9.17, 15) is 14.0 Å². The van der Waals surface area contributed by atoms with Gasteiger partial charge in [0.1, 0.15) is 24.2 Å². The van der Waals surface area contributed by atoms with E-state index < -0.39 is 17.7 Å². The smallest absolute Gasteiger partial charge is 0.338 e. The molecule has 1 saturated carbocycles. The Morgan fingerprint density at radius 2 is 1.88 bits per heavy atom. The van der Waals surface area contributed by atoms with Crippen molar-refractivity contribution in [3.8, 4) is 22.5 Å². The van der Waals surface area contributed by atoms with E-state index in [2.05, 4.69) is 15.3 Å². The summed E-state index contributed by atoms with van der Waals surface area (Å²) in [5.74, 6) is -1.62. The normalized spacial score (nSPS) is 12.9. The molecule has 1 N–H and O–H groups in total. The third-order valence-electron chi connectivity index (χ3n) is 6.78. The summed E-state index contributed by atoms with van der Waals surface area (Å²) in [4.78, 5) is 34.7. The molecule has 0 unspecified atom stereocenters. The zero-order valence-corrected chi connectivity index (χ0v) is 22.0. The van der Waals surface area contributed by atoms with Crippen LogP contribution in [0, 0.1) is 19.7 Å². The first kappa shape index (κ1) is 25.4. The zero-order valence-electron chi connectivity index (χ0n) is 22.0. The predicted molar refractivity (Wildman–Crippen MR) is 149 cm³/mol. The number of fused-ring (bicyclic) bond motifs is 1. The summed E-state index contributed by atoms with van der Waals surface area (Å²) >= 11 is 0. The molecule has 0 aliphatic heterocycles. The van der Waals surface area contributed by atoms with Gasteiger partial charge in [-0.2, -0.15) is 5.10 Å². The van der Waals surface area contributed by atoms with Gasteiger partial charge in [0.2, 0.25) is 5.91 Å². The quantitative estimate of drug-likeness (QED) is 0.262. The van der Waals surface area contributed by atoms with Crippen molar-refractivity contribution in [3.05, 3.63) is 95.7 Å². The maximum Gasteiger partial charge on any atom is 0.338 e. The highest BCUT2D eigenvalue weighted by atomic mass is 19.1. The number of amides is 1. The molecule has 40 heavy (non-hydrogen) atoms. The average molecular weight is 536 g/mol. The number of rotatable bonds is 7. The number of ether oxygens (including phenoxy) is 1. The molecule has 6 rings (SSSR count). The van der Waals surface area contributed by atoms with E-state index in [1.807, 2.05) is 55.5 Å². The third kappa shape index (κ3) is 5.18. The lowest BCUT2D eigenvalue weighted by atomic mass is 10.0. The van der Waals surface area contributed by atoms with Crippen LogP contribution in [0.2, 0.25) is 0 Å². The average Bonchev–Trinajstić information content (AvgIpc) is 3.66. The van der Waals surface area contributed by atoms with Crippen molar-refractivity contribution in [1.29, 1.82) is 0 Å². The Labute approximate surface area is 229 Å². The highest BCUT2D eigenvalue weighted by Gasteiger charge is 2.28. The molecule has 0 bridgehead atoms. The van der Waals surface area contributed by atoms with Gasteiger partial charge < -0.3 is 10.1 Å². The number of carbonyl (C=O) groups excluding carboxylic acids is 2. The van der Waals surface area contributed by atoms with Crippen molar-refractivity contribution in [3.63, 3.8) is 0 Å². The van der Waals surface area contributed by atoms with Crippen LogP contribution >= 0.6 is 0 Å². The zero-order chi connectivity index (χ0) is 27.8. The number of esters is 1. The van der Waals surface area contributed by atoms with E-state index in [1.54, 1.807) is 12.4 Å². The molecule has 3 aromatic heterocycles. The Morgan fingerprint density at radius 1 is 1.05 bits per heavy atom. The topological polar surface area (TPSA) is 99.0 Å². The van der Waals surface area contributed by atoms with Gasteiger partial charge in [0.25, 0.3) is 0 Å². The van der Waals surface area contributed by atoms with Crippen LogP contribution in [0.5, 0.6) is 0 Å². The molecule has 0 radical (unpaired) electrons. The van der Waals surface area contributed by atoms with Gasteiger partial charge >= 0.3 is 5.97 Å². The maximum atomic E-state index is 14.6. The lowest BCUT2D eigenvalue weighted by Crippen LogP contribution is -2.20. The fourth-order valence-corrected chi connectivity index (χ4v) is 4.61. The summed E-state index contributed by atoms with van der Waals surface area (Å²) in [7, 11) is 0. The second-order valence-electron chi connectivity index (χ2n) is 9.91. The summed E-state index contributed by atoms with van der Waals surface area (Å²) in [5.41, 5.74) is 5.14. The second kappa shape index (κ2) is 10.3. The van der Waals surface area contributed by atoms with Crippen LogP contribution < -0.4 is 5.32 Å². The monoisotopic (exact) mass is 535 g/mol. The molecule has 0 atom stereocenters. The van der Waals surface area contributed by atoms with E-state index in [1.165, 1.54) is 23.7 Å². The molecular formula is C31H26FN5O3. The number of halogens is 1. The van der Waals surface area contributed by atoms with Gasteiger partial charge in [0, 0.05) is 34.7 Å². The number of carbonyl (C=O) groups is 2. The Bertz CT molecular complexity index is 1770. The minimum atomic E-state index is -0.598. The van der Waals surface area contributed by atoms with Crippen LogP contribution in [0.15, 0.2) is 73.1 Å². The van der Waals surface area contributed by atoms with E-state index in [4.69, 9.17) is 9.84 Å². The van der Waals surface area contributed by atoms with Crippen molar-refractivity contribution in [2.75, 3.05) is 5.32 Å². The van der Waals surface area contributed by atoms with Gasteiger partial charge in [-0.05, 0) is 74.2 Å². The SMILES string of the molecule is Cc1cccc(-c2nn(CC(=O)Nc3cc(F)c(C)c(C(=O)OC4CC4)c3)cc2-c2ccnc3ccccc23)n1. The Kier molecular flexibility index (Phi) is 6.55. The van der Waals surface area contributed by atoms with E-state index in [-0.39, 0.29) is 29.5 Å². The first-order chi connectivity index (χ1) is 19.4. The third-order valence-corrected chi connectivity index (χ3v) is 6.78. The Morgan fingerprint density at radius 3 is 2.67 bits per heavy atom. The number of hydrogen-bond donors (Lipinski definition) is 1. The lowest BCUT2D eigenvalue weighted by molar-refractivity contribution is -0.116. The van der Waals surface area contributed by atoms with Crippen LogP contribution in [0.4, 0.5) is 10.1 Å². The fourth-order valence-electron chi connectivity index (χ4n) is 4.61. The molecule has 1 amide bonds. The Hall–Kier alpha value is -4.92. The van der Waals surface area contributed by atoms with Crippen LogP contribution in [-0.2, 0) is 16.1 Å². The van der Waals surface area contributed by atoms with E-state index >= 15 is 0 Å². The number of nitrogens with zero attached hydrogens (tertiary/aromatic N) is 4. The molecule has 2 aromatic carbocycles. The number of nitrogens with one attached hydrogen (secondary N) is 1. The number of aryl methyl sites for hydroxylation is 1. The number of para-hydroxylation sites is 1. The molecule has 3 heterocycles. The minimum absolute atomic E-state index is 0.0981. The van der Waals surface area contributed by atoms with Gasteiger partial charge in [-0.25, -0.2) is 9.18 Å². The lowest BCUT2D eigenvalue weighted by Gasteiger charge is -2.11. The molecule has 200 valence electrons. The van der Waals surface area contributed by atoms with E-state index in [0.717, 1.165) is 40.6 Å². The predicted octanol–water partition coefficient (Wildman–Crippen LogP) is 5.87. The maximum absolute atomic E-state index is 14.6. The first-order valence-corrected chi connectivity index (χ1v) is 13.0. The molecule has 0 saturated heterocycles. The van der Waals surface area contributed by atoms with Gasteiger partial charge in [-0.1, -0.05) is 24.3 Å². The standard InChI is InChI=1S/C31H26FN5O3/c1-18-6-5-9-28(34-18)30-25(22-12-13-33-27-8-4-3-7-23(22)27)16-37(36-30)17-29(38)35-20-14-24(19(2)26(32)15-20)31(39)40-21-10-11-21/h3-9,12-16,21H,10-11,17H2,1-2H3,(H,35,38). The summed E-state index contributed by atoms with van der Waals surface area (Å²) in [6, 6.07) is 18.1. The molecular weight excluding hydrogens is 509 g/mol. The number of anilines is 1. The number of pyridine rings is 2. The number of hydrogen-bond acceptors (Lipinski definition) is 6. The number of benzene rings is 2. The van der Waals surface area contributed by atoms with Crippen molar-refractivity contribution in [1.82, 2.24) is 19.7 Å². The molecule has 1 fully saturated rings. The largest absolute Gasteiger partial charge is 0.459 e. The first-order valence-electron chi connectivity index (χ1n) is 13.0. The van der Waals surface area contributed by atoms with Gasteiger partial charge in [-0.3, -0.25) is 19.4 Å². The molecule has 1 aliphatic rings. The van der Waals surface area contributed by atoms with E-state index in [0.29, 0.717) is 11.4 Å². The Balaban J connectivity index is 1.32. The van der Waals surface area contributed by atoms with Crippen LogP contribution in [-0.4, -0.2) is 37.7 Å². The van der Waals surface area contributed by atoms with Crippen molar-refractivity contribution >= 4 is 28.5 Å². The second-order valence-corrected chi connectivity index (χ2v) is 9.91. The molecule has 9 heteroatoms. The van der Waals surface area contributed by atoms with Crippen molar-refractivity contribution in [2.45, 2.75) is 39.3 Å². The fraction of sp³-hybridized carbons (Fsp3) is 0.194. The number of aromatic nitrogens is 4. The molecule has 5 aromatic rings. The summed E-state index contributed by atoms with van der Waals surface area (Å²) in [5, 5.41) is 8.37. The van der Waals surface area contributed by atoms with Crippen LogP contribution in [0.3, 0.4) is 0 Å². The summed E-state index contributed by atoms with van der Waals surface area (Å²) in [6.07, 6.45) is 5.05. The summed E-state index contributed by atoms with van der Waals surface area (Å²) < 4.78 is 21.5. The van der Waals surface area contributed by atoms with Crippen LogP contribution in [0.1, 0.15) is 34.5 Å². The highest BCUT2D eigenvalue weighted by molar-refractivity contribution is 5.98. The molecule has 8 nitrogen and oxygen atoms in total. The van der Waals surface area contributed by atoms with Crippen molar-refractivity contribution in [2.24, 2.45) is 0 Å². The van der Waals surface area contributed by atoms with Gasteiger partial charge in [0.05, 0.1) is 16.8 Å². The minimum Gasteiger partial charge on any atom is -0.459 e. The van der Waals surface area contributed by atoms with Crippen LogP contribution in [0.25, 0.3) is 33.4 Å². The molecule has 1 aliphatic carbocycles. The highest BCUT2D eigenvalue weighted by Crippen LogP contribution is 2.34. The van der Waals surface area contributed by atoms with Crippen molar-refractivity contribution < 1.29 is 18.7 Å². The molecule has 0 spiro atoms. The van der Waals surface area contributed by atoms with Gasteiger partial charge in [0.15, 0.2) is 0 Å².